The zero-order valence-electron chi connectivity index (χ0n) is 15.9. The molecule has 7 N–H and O–H groups in total. The Kier molecular flexibility index (Phi) is 10.6. The fraction of sp³-hybridized carbons (Fsp3) is 0.200. The van der Waals surface area contributed by atoms with Crippen LogP contribution in [0.25, 0.3) is 0 Å². The van der Waals surface area contributed by atoms with Crippen LogP contribution in [0.3, 0.4) is 0 Å². The molecule has 0 bridgehead atoms. The number of carboxylic acid groups (broad SMARTS) is 2. The number of carboxylic acids is 2. The van der Waals surface area contributed by atoms with Crippen molar-refractivity contribution in [3.8, 4) is 6.07 Å². The molecule has 1 aromatic heterocycles. The topological polar surface area (TPSA) is 184 Å². The monoisotopic (exact) mass is 430 g/mol. The number of rotatable bonds is 8. The van der Waals surface area contributed by atoms with Crippen LogP contribution in [0.15, 0.2) is 59.6 Å². The maximum Gasteiger partial charge on any atom is 0.328 e. The summed E-state index contributed by atoms with van der Waals surface area (Å²) in [6.07, 6.45) is 3.19. The molecule has 0 saturated heterocycles. The summed E-state index contributed by atoms with van der Waals surface area (Å²) < 4.78 is 0. The van der Waals surface area contributed by atoms with Crippen LogP contribution in [0.4, 0.5) is 5.82 Å². The van der Waals surface area contributed by atoms with Crippen molar-refractivity contribution in [2.24, 2.45) is 5.73 Å². The number of anilines is 1. The Balaban J connectivity index is 0.000000479. The highest BCUT2D eigenvalue weighted by Crippen LogP contribution is 2.40. The number of aliphatic hydroxyl groups excluding tert-OH is 1. The van der Waals surface area contributed by atoms with Gasteiger partial charge < -0.3 is 26.8 Å². The van der Waals surface area contributed by atoms with E-state index in [9.17, 15) is 20.0 Å². The molecule has 10 heteroatoms. The van der Waals surface area contributed by atoms with Crippen molar-refractivity contribution in [1.82, 2.24) is 4.98 Å². The molecular formula is C20H22N4O5S. The number of nitrogens with zero attached hydrogens (tertiary/aromatic N) is 2. The molecule has 1 aromatic carbocycles. The molecule has 0 aliphatic heterocycles. The number of nitrogen functional groups attached to an aromatic ring is 1. The zero-order chi connectivity index (χ0) is 22.5. The first-order chi connectivity index (χ1) is 14.3. The minimum atomic E-state index is -1.26. The summed E-state index contributed by atoms with van der Waals surface area (Å²) in [7, 11) is 0. The van der Waals surface area contributed by atoms with Gasteiger partial charge in [0.05, 0.1) is 12.2 Å². The van der Waals surface area contributed by atoms with Crippen LogP contribution >= 0.6 is 11.8 Å². The van der Waals surface area contributed by atoms with E-state index in [0.717, 1.165) is 10.5 Å². The van der Waals surface area contributed by atoms with Crippen molar-refractivity contribution in [2.45, 2.75) is 22.6 Å². The predicted octanol–water partition coefficient (Wildman–Crippen LogP) is 1.79. The van der Waals surface area contributed by atoms with Gasteiger partial charge in [-0.1, -0.05) is 30.3 Å². The van der Waals surface area contributed by atoms with Crippen molar-refractivity contribution >= 4 is 29.5 Å². The maximum atomic E-state index is 9.55. The number of carbonyl (C=O) groups is 2. The zero-order valence-corrected chi connectivity index (χ0v) is 16.7. The van der Waals surface area contributed by atoms with Gasteiger partial charge in [0, 0.05) is 34.5 Å². The van der Waals surface area contributed by atoms with Crippen molar-refractivity contribution < 1.29 is 24.9 Å². The number of benzene rings is 1. The molecule has 158 valence electrons. The Hall–Kier alpha value is -3.39. The number of thioether (sulfide) groups is 1. The summed E-state index contributed by atoms with van der Waals surface area (Å²) >= 11 is 1.52. The largest absolute Gasteiger partial charge is 0.478 e. The molecule has 2 rings (SSSR count). The summed E-state index contributed by atoms with van der Waals surface area (Å²) in [6, 6.07) is 13.4. The molecule has 2 aromatic rings. The lowest BCUT2D eigenvalue weighted by molar-refractivity contribution is -0.134. The number of pyridine rings is 1. The number of aliphatic carboxylic acids is 2. The van der Waals surface area contributed by atoms with Crippen molar-refractivity contribution in [1.29, 1.82) is 5.26 Å². The number of nitrogens with two attached hydrogens (primary N) is 2. The molecule has 0 radical (unpaired) electrons. The molecule has 0 aliphatic carbocycles. The smallest absolute Gasteiger partial charge is 0.328 e. The highest BCUT2D eigenvalue weighted by atomic mass is 32.2. The highest BCUT2D eigenvalue weighted by Gasteiger charge is 2.18. The second-order valence-electron chi connectivity index (χ2n) is 5.92. The van der Waals surface area contributed by atoms with Crippen molar-refractivity contribution in [3.63, 3.8) is 0 Å². The molecule has 0 aliphatic rings. The van der Waals surface area contributed by atoms with E-state index in [1.54, 1.807) is 6.07 Å². The van der Waals surface area contributed by atoms with E-state index in [-0.39, 0.29) is 17.9 Å². The van der Waals surface area contributed by atoms with Crippen LogP contribution in [-0.4, -0.2) is 44.9 Å². The lowest BCUT2D eigenvalue weighted by Gasteiger charge is -2.20. The van der Waals surface area contributed by atoms with Crippen LogP contribution in [0, 0.1) is 11.3 Å². The Morgan fingerprint density at radius 1 is 1.20 bits per heavy atom. The molecule has 9 nitrogen and oxygen atoms in total. The minimum Gasteiger partial charge on any atom is -0.478 e. The van der Waals surface area contributed by atoms with E-state index < -0.39 is 11.9 Å². The van der Waals surface area contributed by atoms with E-state index >= 15 is 0 Å². The molecule has 0 spiro atoms. The first-order valence-electron chi connectivity index (χ1n) is 8.64. The lowest BCUT2D eigenvalue weighted by atomic mass is 10.1. The average molecular weight is 430 g/mol. The Morgan fingerprint density at radius 2 is 1.80 bits per heavy atom. The van der Waals surface area contributed by atoms with E-state index in [0.29, 0.717) is 30.0 Å². The fourth-order valence-electron chi connectivity index (χ4n) is 2.20. The third kappa shape index (κ3) is 9.20. The van der Waals surface area contributed by atoms with Crippen LogP contribution in [0.2, 0.25) is 0 Å². The van der Waals surface area contributed by atoms with Crippen molar-refractivity contribution in [3.05, 3.63) is 65.9 Å². The average Bonchev–Trinajstić information content (AvgIpc) is 2.73. The van der Waals surface area contributed by atoms with E-state index in [2.05, 4.69) is 11.1 Å². The molecule has 30 heavy (non-hydrogen) atoms. The molecule has 1 heterocycles. The van der Waals surface area contributed by atoms with E-state index in [4.69, 9.17) is 21.7 Å². The predicted molar refractivity (Wildman–Crippen MR) is 112 cm³/mol. The molecule has 0 saturated carbocycles. The second-order valence-corrected chi connectivity index (χ2v) is 7.17. The number of nitriles is 1. The molecule has 0 unspecified atom stereocenters. The minimum absolute atomic E-state index is 0.0252. The maximum absolute atomic E-state index is 9.55. The van der Waals surface area contributed by atoms with E-state index in [1.807, 2.05) is 30.3 Å². The normalized spacial score (nSPS) is 12.3. The number of aromatic nitrogens is 1. The van der Waals surface area contributed by atoms with Gasteiger partial charge in [0.2, 0.25) is 0 Å². The van der Waals surface area contributed by atoms with Gasteiger partial charge >= 0.3 is 11.9 Å². The standard InChI is InChI=1S/C16H18N4OS.C4H4O4/c17-8-12-9-20-16(19)7-15(12)22-14(6-13(18)10-21)11-4-2-1-3-5-11;5-3(6)1-2-4(7)8/h1-5,7,9,13-14,21H,6,10,18H2,(H2,19,20);1-2H,(H,5,6)(H,7,8)/t13-,14+;/m0./s1. The highest BCUT2D eigenvalue weighted by molar-refractivity contribution is 7.99. The van der Waals surface area contributed by atoms with Gasteiger partial charge in [-0.05, 0) is 18.1 Å². The first-order valence-corrected chi connectivity index (χ1v) is 9.52. The van der Waals surface area contributed by atoms with Gasteiger partial charge in [-0.3, -0.25) is 0 Å². The summed E-state index contributed by atoms with van der Waals surface area (Å²) in [5.41, 5.74) is 13.2. The molecule has 2 atom stereocenters. The lowest BCUT2D eigenvalue weighted by Crippen LogP contribution is -2.26. The van der Waals surface area contributed by atoms with Crippen LogP contribution < -0.4 is 11.5 Å². The molecule has 0 amide bonds. The SMILES string of the molecule is N#Cc1cnc(N)cc1S[C@H](C[C@H](N)CO)c1ccccc1.O=C(O)C=CC(=O)O. The van der Waals surface area contributed by atoms with Crippen LogP contribution in [0.1, 0.15) is 22.8 Å². The summed E-state index contributed by atoms with van der Waals surface area (Å²) in [5, 5.41) is 34.1. The summed E-state index contributed by atoms with van der Waals surface area (Å²) in [5.74, 6) is -2.14. The quantitative estimate of drug-likeness (QED) is 0.305. The fourth-order valence-corrected chi connectivity index (χ4v) is 3.56. The van der Waals surface area contributed by atoms with Crippen LogP contribution in [-0.2, 0) is 9.59 Å². The summed E-state index contributed by atoms with van der Waals surface area (Å²) in [6.45, 7) is -0.0759. The van der Waals surface area contributed by atoms with Gasteiger partial charge in [-0.25, -0.2) is 14.6 Å². The Morgan fingerprint density at radius 3 is 2.30 bits per heavy atom. The third-order valence-electron chi connectivity index (χ3n) is 3.57. The van der Waals surface area contributed by atoms with Gasteiger partial charge in [-0.15, -0.1) is 11.8 Å². The van der Waals surface area contributed by atoms with Crippen molar-refractivity contribution in [2.75, 3.05) is 12.3 Å². The van der Waals surface area contributed by atoms with Gasteiger partial charge in [0.15, 0.2) is 0 Å². The van der Waals surface area contributed by atoms with Gasteiger partial charge in [0.1, 0.15) is 11.9 Å². The molecule has 0 fully saturated rings. The van der Waals surface area contributed by atoms with Crippen LogP contribution in [0.5, 0.6) is 0 Å². The first kappa shape index (κ1) is 24.6. The second kappa shape index (κ2) is 12.9. The van der Waals surface area contributed by atoms with E-state index in [1.165, 1.54) is 18.0 Å². The number of hydrogen-bond donors (Lipinski definition) is 5. The van der Waals surface area contributed by atoms with Gasteiger partial charge in [0.25, 0.3) is 0 Å². The Bertz CT molecular complexity index is 899. The number of hydrogen-bond acceptors (Lipinski definition) is 8. The number of aliphatic hydroxyl groups is 1. The summed E-state index contributed by atoms with van der Waals surface area (Å²) in [4.78, 5) is 23.8. The third-order valence-corrected chi connectivity index (χ3v) is 4.91. The molecular weight excluding hydrogens is 408 g/mol. The Labute approximate surface area is 177 Å². The van der Waals surface area contributed by atoms with Gasteiger partial charge in [-0.2, -0.15) is 5.26 Å².